The molecule has 2 aliphatic rings. The molecule has 27 heavy (non-hydrogen) atoms. The van der Waals surface area contributed by atoms with Crippen LogP contribution in [-0.4, -0.2) is 55.5 Å². The molecule has 0 aliphatic carbocycles. The van der Waals surface area contributed by atoms with Crippen LogP contribution in [0, 0.1) is 6.92 Å². The molecule has 2 amide bonds. The van der Waals surface area contributed by atoms with E-state index in [0.29, 0.717) is 24.4 Å². The first kappa shape index (κ1) is 19.6. The summed E-state index contributed by atoms with van der Waals surface area (Å²) in [6.45, 7) is 5.17. The van der Waals surface area contributed by atoms with Crippen molar-refractivity contribution in [1.29, 1.82) is 0 Å². The Morgan fingerprint density at radius 1 is 1.33 bits per heavy atom. The molecule has 0 radical (unpaired) electrons. The number of rotatable bonds is 5. The topological polar surface area (TPSA) is 118 Å². The monoisotopic (exact) mass is 376 g/mol. The van der Waals surface area contributed by atoms with Crippen molar-refractivity contribution in [3.05, 3.63) is 33.4 Å². The highest BCUT2D eigenvalue weighted by atomic mass is 16.4. The van der Waals surface area contributed by atoms with Crippen molar-refractivity contribution in [3.63, 3.8) is 0 Å². The number of nitrogens with two attached hydrogens (primary N) is 1. The Morgan fingerprint density at radius 2 is 2.07 bits per heavy atom. The largest absolute Gasteiger partial charge is 0.427 e. The highest BCUT2D eigenvalue weighted by molar-refractivity contribution is 5.95. The second kappa shape index (κ2) is 8.67. The van der Waals surface area contributed by atoms with Gasteiger partial charge in [0.2, 0.25) is 5.91 Å². The number of primary amides is 1. The highest BCUT2D eigenvalue weighted by Gasteiger charge is 2.26. The number of carbonyl (C=O) groups is 2. The van der Waals surface area contributed by atoms with Crippen molar-refractivity contribution >= 4 is 11.8 Å². The third kappa shape index (κ3) is 4.95. The summed E-state index contributed by atoms with van der Waals surface area (Å²) < 4.78 is 5.48. The maximum Gasteiger partial charge on any atom is 0.349 e. The molecule has 1 aromatic rings. The van der Waals surface area contributed by atoms with E-state index in [2.05, 4.69) is 10.6 Å². The van der Waals surface area contributed by atoms with Crippen molar-refractivity contribution in [1.82, 2.24) is 15.5 Å². The Morgan fingerprint density at radius 3 is 2.67 bits per heavy atom. The van der Waals surface area contributed by atoms with Crippen LogP contribution < -0.4 is 22.0 Å². The third-order valence-corrected chi connectivity index (χ3v) is 5.40. The fourth-order valence-corrected chi connectivity index (χ4v) is 3.92. The molecule has 8 nitrogen and oxygen atoms in total. The van der Waals surface area contributed by atoms with Crippen molar-refractivity contribution in [2.24, 2.45) is 5.73 Å². The molecule has 0 spiro atoms. The number of likely N-dealkylation sites (tertiary alicyclic amines) is 1. The van der Waals surface area contributed by atoms with Crippen molar-refractivity contribution in [3.8, 4) is 0 Å². The standard InChI is InChI=1S/C19H28N4O4/c1-12-9-15(13-3-2-6-21-10-13)27-19(26)17(12)18(25)22-14-4-7-23(8-5-14)11-16(20)24/h9,13-14,21H,2-8,10-11H2,1H3,(H2,20,24)(H,22,25). The maximum absolute atomic E-state index is 12.6. The van der Waals surface area contributed by atoms with E-state index in [0.717, 1.165) is 38.8 Å². The van der Waals surface area contributed by atoms with Crippen molar-refractivity contribution < 1.29 is 14.0 Å². The molecule has 0 saturated carbocycles. The number of hydrogen-bond donors (Lipinski definition) is 3. The second-order valence-electron chi connectivity index (χ2n) is 7.53. The zero-order valence-corrected chi connectivity index (χ0v) is 15.8. The lowest BCUT2D eigenvalue weighted by Crippen LogP contribution is -2.47. The van der Waals surface area contributed by atoms with E-state index in [-0.39, 0.29) is 35.9 Å². The second-order valence-corrected chi connectivity index (χ2v) is 7.53. The lowest BCUT2D eigenvalue weighted by atomic mass is 9.95. The van der Waals surface area contributed by atoms with Gasteiger partial charge in [-0.2, -0.15) is 0 Å². The number of nitrogens with one attached hydrogen (secondary N) is 2. The van der Waals surface area contributed by atoms with Crippen LogP contribution in [-0.2, 0) is 4.79 Å². The number of hydrogen-bond acceptors (Lipinski definition) is 6. The summed E-state index contributed by atoms with van der Waals surface area (Å²) in [5.74, 6) is 0.0970. The molecular formula is C19H28N4O4. The first-order chi connectivity index (χ1) is 12.9. The van der Waals surface area contributed by atoms with Crippen LogP contribution in [0.15, 0.2) is 15.3 Å². The lowest BCUT2D eigenvalue weighted by Gasteiger charge is -2.31. The van der Waals surface area contributed by atoms with Gasteiger partial charge in [-0.1, -0.05) is 0 Å². The fourth-order valence-electron chi connectivity index (χ4n) is 3.92. The quantitative estimate of drug-likeness (QED) is 0.671. The van der Waals surface area contributed by atoms with E-state index in [9.17, 15) is 14.4 Å². The molecule has 148 valence electrons. The summed E-state index contributed by atoms with van der Waals surface area (Å²) in [6.07, 6.45) is 3.46. The summed E-state index contributed by atoms with van der Waals surface area (Å²) in [5.41, 5.74) is 5.38. The van der Waals surface area contributed by atoms with E-state index in [1.807, 2.05) is 11.0 Å². The van der Waals surface area contributed by atoms with E-state index in [4.69, 9.17) is 10.2 Å². The predicted molar refractivity (Wildman–Crippen MR) is 101 cm³/mol. The first-order valence-electron chi connectivity index (χ1n) is 9.61. The van der Waals surface area contributed by atoms with Gasteiger partial charge in [-0.25, -0.2) is 4.79 Å². The Kier molecular flexibility index (Phi) is 6.28. The number of carbonyl (C=O) groups excluding carboxylic acids is 2. The molecule has 1 atom stereocenters. The normalized spacial score (nSPS) is 21.7. The van der Waals surface area contributed by atoms with E-state index < -0.39 is 5.63 Å². The van der Waals surface area contributed by atoms with Gasteiger partial charge in [0.1, 0.15) is 11.3 Å². The minimum atomic E-state index is -0.570. The van der Waals surface area contributed by atoms with Gasteiger partial charge in [0, 0.05) is 31.6 Å². The molecule has 2 fully saturated rings. The smallest absolute Gasteiger partial charge is 0.349 e. The summed E-state index contributed by atoms with van der Waals surface area (Å²) in [7, 11) is 0. The average molecular weight is 376 g/mol. The molecule has 3 heterocycles. The van der Waals surface area contributed by atoms with Gasteiger partial charge in [0.25, 0.3) is 5.91 Å². The third-order valence-electron chi connectivity index (χ3n) is 5.40. The Labute approximate surface area is 158 Å². The summed E-state index contributed by atoms with van der Waals surface area (Å²) in [4.78, 5) is 38.0. The lowest BCUT2D eigenvalue weighted by molar-refractivity contribution is -0.119. The van der Waals surface area contributed by atoms with Gasteiger partial charge in [0.05, 0.1) is 6.54 Å². The zero-order chi connectivity index (χ0) is 19.4. The highest BCUT2D eigenvalue weighted by Crippen LogP contribution is 2.23. The fraction of sp³-hybridized carbons (Fsp3) is 0.632. The number of nitrogens with zero attached hydrogens (tertiary/aromatic N) is 1. The summed E-state index contributed by atoms with van der Waals surface area (Å²) >= 11 is 0. The molecule has 3 rings (SSSR count). The van der Waals surface area contributed by atoms with Crippen molar-refractivity contribution in [2.75, 3.05) is 32.7 Å². The predicted octanol–water partition coefficient (Wildman–Crippen LogP) is 0.0947. The van der Waals surface area contributed by atoms with Crippen molar-refractivity contribution in [2.45, 2.75) is 44.6 Å². The van der Waals surface area contributed by atoms with Crippen LogP contribution in [0.2, 0.25) is 0 Å². The first-order valence-corrected chi connectivity index (χ1v) is 9.61. The number of piperidine rings is 2. The minimum absolute atomic E-state index is 0.0253. The molecule has 2 saturated heterocycles. The van der Waals surface area contributed by atoms with Gasteiger partial charge < -0.3 is 20.8 Å². The Bertz CT molecular complexity index is 747. The van der Waals surface area contributed by atoms with Crippen LogP contribution in [0.1, 0.15) is 53.3 Å². The molecule has 8 heteroatoms. The molecule has 0 bridgehead atoms. The molecule has 2 aliphatic heterocycles. The van der Waals surface area contributed by atoms with Gasteiger partial charge in [0.15, 0.2) is 0 Å². The van der Waals surface area contributed by atoms with Gasteiger partial charge in [-0.05, 0) is 50.8 Å². The van der Waals surface area contributed by atoms with Gasteiger partial charge in [-0.3, -0.25) is 14.5 Å². The Balaban J connectivity index is 1.63. The van der Waals surface area contributed by atoms with Crippen LogP contribution in [0.4, 0.5) is 0 Å². The van der Waals surface area contributed by atoms with E-state index >= 15 is 0 Å². The minimum Gasteiger partial charge on any atom is -0.427 e. The molecule has 1 unspecified atom stereocenters. The Hall–Kier alpha value is -2.19. The van der Waals surface area contributed by atoms with Gasteiger partial charge >= 0.3 is 5.63 Å². The SMILES string of the molecule is Cc1cc(C2CCCNC2)oc(=O)c1C(=O)NC1CCN(CC(N)=O)CC1. The zero-order valence-electron chi connectivity index (χ0n) is 15.8. The molecule has 4 N–H and O–H groups in total. The maximum atomic E-state index is 12.6. The van der Waals surface area contributed by atoms with Crippen LogP contribution in [0.25, 0.3) is 0 Å². The van der Waals surface area contributed by atoms with Gasteiger partial charge in [-0.15, -0.1) is 0 Å². The average Bonchev–Trinajstić information content (AvgIpc) is 2.63. The van der Waals surface area contributed by atoms with E-state index in [1.165, 1.54) is 0 Å². The summed E-state index contributed by atoms with van der Waals surface area (Å²) in [5, 5.41) is 6.24. The number of amides is 2. The summed E-state index contributed by atoms with van der Waals surface area (Å²) in [6, 6.07) is 1.80. The number of aryl methyl sites for hydroxylation is 1. The van der Waals surface area contributed by atoms with E-state index in [1.54, 1.807) is 6.92 Å². The van der Waals surface area contributed by atoms with Crippen LogP contribution in [0.5, 0.6) is 0 Å². The molecular weight excluding hydrogens is 348 g/mol. The molecule has 0 aromatic carbocycles. The van der Waals surface area contributed by atoms with Crippen LogP contribution in [0.3, 0.4) is 0 Å². The molecule has 1 aromatic heterocycles. The van der Waals surface area contributed by atoms with Crippen LogP contribution >= 0.6 is 0 Å².